The molecule has 0 saturated heterocycles. The normalized spacial score (nSPS) is 10.8. The van der Waals surface area contributed by atoms with E-state index in [1.165, 1.54) is 7.11 Å². The molecule has 4 rings (SSSR count). The Balaban J connectivity index is 1.88. The van der Waals surface area contributed by atoms with Gasteiger partial charge in [-0.25, -0.2) is 4.79 Å². The van der Waals surface area contributed by atoms with Crippen LogP contribution >= 0.6 is 0 Å². The van der Waals surface area contributed by atoms with Crippen molar-refractivity contribution in [3.05, 3.63) is 89.6 Å². The Morgan fingerprint density at radius 3 is 2.32 bits per heavy atom. The van der Waals surface area contributed by atoms with E-state index in [-0.39, 0.29) is 12.2 Å². The Hall–Kier alpha value is -4.39. The lowest BCUT2D eigenvalue weighted by Gasteiger charge is -2.14. The zero-order chi connectivity index (χ0) is 24.2. The number of hydrogen-bond acceptors (Lipinski definition) is 5. The Kier molecular flexibility index (Phi) is 6.45. The number of ketones is 1. The summed E-state index contributed by atoms with van der Waals surface area (Å²) in [5.74, 6) is -2.14. The van der Waals surface area contributed by atoms with Gasteiger partial charge >= 0.3 is 5.97 Å². The van der Waals surface area contributed by atoms with Gasteiger partial charge in [-0.3, -0.25) is 9.59 Å². The van der Waals surface area contributed by atoms with E-state index in [4.69, 9.17) is 10.5 Å². The highest BCUT2D eigenvalue weighted by Crippen LogP contribution is 2.35. The number of primary amides is 1. The quantitative estimate of drug-likeness (QED) is 0.246. The van der Waals surface area contributed by atoms with E-state index in [1.54, 1.807) is 19.1 Å². The highest BCUT2D eigenvalue weighted by molar-refractivity contribution is 6.45. The van der Waals surface area contributed by atoms with Crippen LogP contribution in [0.3, 0.4) is 0 Å². The molecule has 3 aromatic carbocycles. The first-order chi connectivity index (χ1) is 16.4. The van der Waals surface area contributed by atoms with Crippen molar-refractivity contribution in [1.29, 1.82) is 0 Å². The summed E-state index contributed by atoms with van der Waals surface area (Å²) in [6.07, 6.45) is 0. The molecule has 0 radical (unpaired) electrons. The monoisotopic (exact) mass is 456 g/mol. The number of fused-ring (bicyclic) bond motifs is 1. The van der Waals surface area contributed by atoms with Crippen molar-refractivity contribution in [3.8, 4) is 16.9 Å². The molecule has 0 aliphatic rings. The minimum atomic E-state index is -1.06. The number of Topliss-reactive ketones (excluding diaryl/α,β-unsaturated/α-hetero) is 1. The summed E-state index contributed by atoms with van der Waals surface area (Å²) in [7, 11) is 1.26. The SMILES string of the molecule is COC(=O)COc1cccc2c1c(C(=O)C(N)=O)c(C)n2Cc1ccccc1-c1ccccc1. The third kappa shape index (κ3) is 4.28. The first-order valence-electron chi connectivity index (χ1n) is 10.7. The van der Waals surface area contributed by atoms with Crippen LogP contribution in [-0.2, 0) is 20.9 Å². The fourth-order valence-electron chi connectivity index (χ4n) is 4.14. The Bertz CT molecular complexity index is 1390. The molecular weight excluding hydrogens is 432 g/mol. The van der Waals surface area contributed by atoms with Gasteiger partial charge in [0.15, 0.2) is 6.61 Å². The maximum absolute atomic E-state index is 12.8. The van der Waals surface area contributed by atoms with Gasteiger partial charge in [-0.2, -0.15) is 0 Å². The number of carbonyl (C=O) groups is 3. The summed E-state index contributed by atoms with van der Waals surface area (Å²) in [6.45, 7) is 1.88. The van der Waals surface area contributed by atoms with Gasteiger partial charge in [0, 0.05) is 12.2 Å². The van der Waals surface area contributed by atoms with Crippen LogP contribution in [0.2, 0.25) is 0 Å². The second kappa shape index (κ2) is 9.62. The van der Waals surface area contributed by atoms with Crippen LogP contribution < -0.4 is 10.5 Å². The molecule has 172 valence electrons. The third-order valence-electron chi connectivity index (χ3n) is 5.77. The molecule has 0 atom stereocenters. The second-order valence-corrected chi connectivity index (χ2v) is 7.78. The van der Waals surface area contributed by atoms with E-state index in [1.807, 2.05) is 65.2 Å². The molecule has 0 spiro atoms. The van der Waals surface area contributed by atoms with E-state index in [0.717, 1.165) is 16.7 Å². The number of carbonyl (C=O) groups excluding carboxylic acids is 3. The number of nitrogens with zero attached hydrogens (tertiary/aromatic N) is 1. The van der Waals surface area contributed by atoms with Gasteiger partial charge in [0.2, 0.25) is 0 Å². The lowest BCUT2D eigenvalue weighted by atomic mass is 9.99. The lowest BCUT2D eigenvalue weighted by Crippen LogP contribution is -2.24. The van der Waals surface area contributed by atoms with Crippen molar-refractivity contribution in [2.24, 2.45) is 5.73 Å². The summed E-state index contributed by atoms with van der Waals surface area (Å²) in [4.78, 5) is 36.4. The van der Waals surface area contributed by atoms with Crippen LogP contribution in [0, 0.1) is 6.92 Å². The van der Waals surface area contributed by atoms with Crippen molar-refractivity contribution >= 4 is 28.6 Å². The maximum atomic E-state index is 12.8. The number of amides is 1. The highest BCUT2D eigenvalue weighted by atomic mass is 16.6. The molecule has 0 unspecified atom stereocenters. The maximum Gasteiger partial charge on any atom is 0.343 e. The van der Waals surface area contributed by atoms with E-state index >= 15 is 0 Å². The molecule has 1 aromatic heterocycles. The van der Waals surface area contributed by atoms with Crippen molar-refractivity contribution in [3.63, 3.8) is 0 Å². The average Bonchev–Trinajstić information content (AvgIpc) is 3.14. The molecule has 0 bridgehead atoms. The Labute approximate surface area is 196 Å². The lowest BCUT2D eigenvalue weighted by molar-refractivity contribution is -0.142. The van der Waals surface area contributed by atoms with Crippen molar-refractivity contribution < 1.29 is 23.9 Å². The number of hydrogen-bond donors (Lipinski definition) is 1. The van der Waals surface area contributed by atoms with Gasteiger partial charge in [0.1, 0.15) is 5.75 Å². The van der Waals surface area contributed by atoms with Crippen molar-refractivity contribution in [2.45, 2.75) is 13.5 Å². The third-order valence-corrected chi connectivity index (χ3v) is 5.77. The topological polar surface area (TPSA) is 101 Å². The molecule has 0 aliphatic heterocycles. The summed E-state index contributed by atoms with van der Waals surface area (Å²) in [5, 5.41) is 0.435. The van der Waals surface area contributed by atoms with Crippen molar-refractivity contribution in [1.82, 2.24) is 4.57 Å². The molecule has 34 heavy (non-hydrogen) atoms. The van der Waals surface area contributed by atoms with Crippen LogP contribution in [0.5, 0.6) is 5.75 Å². The summed E-state index contributed by atoms with van der Waals surface area (Å²) >= 11 is 0. The summed E-state index contributed by atoms with van der Waals surface area (Å²) in [5.41, 5.74) is 9.97. The van der Waals surface area contributed by atoms with Crippen LogP contribution in [0.15, 0.2) is 72.8 Å². The molecule has 2 N–H and O–H groups in total. The summed E-state index contributed by atoms with van der Waals surface area (Å²) in [6, 6.07) is 23.3. The molecule has 0 fully saturated rings. The fraction of sp³-hybridized carbons (Fsp3) is 0.148. The number of rotatable bonds is 8. The number of nitrogens with two attached hydrogens (primary N) is 1. The zero-order valence-corrected chi connectivity index (χ0v) is 18.9. The van der Waals surface area contributed by atoms with Crippen LogP contribution in [0.4, 0.5) is 0 Å². The minimum Gasteiger partial charge on any atom is -0.481 e. The smallest absolute Gasteiger partial charge is 0.343 e. The van der Waals surface area contributed by atoms with E-state index in [0.29, 0.717) is 28.9 Å². The van der Waals surface area contributed by atoms with Crippen LogP contribution in [-0.4, -0.2) is 35.9 Å². The molecule has 1 amide bonds. The summed E-state index contributed by atoms with van der Waals surface area (Å²) < 4.78 is 12.3. The Morgan fingerprint density at radius 2 is 1.62 bits per heavy atom. The average molecular weight is 456 g/mol. The zero-order valence-electron chi connectivity index (χ0n) is 18.9. The Morgan fingerprint density at radius 1 is 0.912 bits per heavy atom. The minimum absolute atomic E-state index is 0.167. The first-order valence-corrected chi connectivity index (χ1v) is 10.7. The van der Waals surface area contributed by atoms with Crippen LogP contribution in [0.1, 0.15) is 21.6 Å². The molecule has 1 heterocycles. The van der Waals surface area contributed by atoms with E-state index in [2.05, 4.69) is 4.74 Å². The highest BCUT2D eigenvalue weighted by Gasteiger charge is 2.26. The largest absolute Gasteiger partial charge is 0.481 e. The van der Waals surface area contributed by atoms with Gasteiger partial charge in [-0.1, -0.05) is 60.7 Å². The predicted molar refractivity (Wildman–Crippen MR) is 129 cm³/mol. The van der Waals surface area contributed by atoms with Gasteiger partial charge in [0.25, 0.3) is 11.7 Å². The number of aromatic nitrogens is 1. The second-order valence-electron chi connectivity index (χ2n) is 7.78. The standard InChI is InChI=1S/C27H24N2O5/c1-17-24(26(31)27(28)32)25-21(13-8-14-22(25)34-16-23(30)33-2)29(17)15-19-11-6-7-12-20(19)18-9-4-3-5-10-18/h3-14H,15-16H2,1-2H3,(H2,28,32). The number of benzene rings is 3. The van der Waals surface area contributed by atoms with E-state index < -0.39 is 17.7 Å². The van der Waals surface area contributed by atoms with Gasteiger partial charge in [0.05, 0.1) is 23.6 Å². The molecule has 7 nitrogen and oxygen atoms in total. The molecule has 0 aliphatic carbocycles. The number of methoxy groups -OCH3 is 1. The first kappa shape index (κ1) is 22.8. The number of ether oxygens (including phenoxy) is 2. The van der Waals surface area contributed by atoms with Gasteiger partial charge < -0.3 is 19.8 Å². The predicted octanol–water partition coefficient (Wildman–Crippen LogP) is 3.88. The van der Waals surface area contributed by atoms with E-state index in [9.17, 15) is 14.4 Å². The molecular formula is C27H24N2O5. The van der Waals surface area contributed by atoms with Gasteiger partial charge in [-0.05, 0) is 35.7 Å². The van der Waals surface area contributed by atoms with Crippen molar-refractivity contribution in [2.75, 3.05) is 13.7 Å². The van der Waals surface area contributed by atoms with Crippen LogP contribution in [0.25, 0.3) is 22.0 Å². The number of esters is 1. The fourth-order valence-corrected chi connectivity index (χ4v) is 4.14. The molecule has 0 saturated carbocycles. The molecule has 7 heteroatoms. The van der Waals surface area contributed by atoms with Gasteiger partial charge in [-0.15, -0.1) is 0 Å². The molecule has 4 aromatic rings.